The second-order valence-corrected chi connectivity index (χ2v) is 6.20. The van der Waals surface area contributed by atoms with Crippen molar-refractivity contribution < 1.29 is 13.2 Å². The molecule has 0 atom stereocenters. The first-order valence-corrected chi connectivity index (χ1v) is 7.96. The summed E-state index contributed by atoms with van der Waals surface area (Å²) in [7, 11) is 1.94. The van der Waals surface area contributed by atoms with Crippen molar-refractivity contribution in [2.24, 2.45) is 12.9 Å². The van der Waals surface area contributed by atoms with Crippen LogP contribution in [0.5, 0.6) is 0 Å². The SMILES string of the molecule is Cn1c(C2CN(c3cc(NN)nc(C(F)(F)F)n3)C2)nc2ccccc21. The molecule has 26 heavy (non-hydrogen) atoms. The Morgan fingerprint density at radius 3 is 2.54 bits per heavy atom. The Morgan fingerprint density at radius 2 is 1.88 bits per heavy atom. The van der Waals surface area contributed by atoms with Gasteiger partial charge in [-0.25, -0.2) is 20.8 Å². The molecule has 1 fully saturated rings. The van der Waals surface area contributed by atoms with E-state index in [9.17, 15) is 13.2 Å². The fourth-order valence-electron chi connectivity index (χ4n) is 3.16. The first-order chi connectivity index (χ1) is 12.4. The standard InChI is InChI=1S/C16H16F3N7/c1-25-11-5-3-2-4-10(11)21-14(25)9-7-26(8-9)13-6-12(24-20)22-15(23-13)16(17,18)19/h2-6,9H,7-8,20H2,1H3,(H,22,23,24). The van der Waals surface area contributed by atoms with Crippen molar-refractivity contribution in [2.75, 3.05) is 23.4 Å². The Hall–Kier alpha value is -2.88. The first kappa shape index (κ1) is 16.6. The third-order valence-electron chi connectivity index (χ3n) is 4.51. The van der Waals surface area contributed by atoms with E-state index in [-0.39, 0.29) is 17.6 Å². The summed E-state index contributed by atoms with van der Waals surface area (Å²) in [5.74, 6) is 5.16. The summed E-state index contributed by atoms with van der Waals surface area (Å²) in [6.07, 6.45) is -4.64. The second-order valence-electron chi connectivity index (χ2n) is 6.20. The molecule has 0 saturated carbocycles. The summed E-state index contributed by atoms with van der Waals surface area (Å²) in [4.78, 5) is 13.4. The summed E-state index contributed by atoms with van der Waals surface area (Å²) >= 11 is 0. The van der Waals surface area contributed by atoms with Crippen molar-refractivity contribution in [1.29, 1.82) is 0 Å². The largest absolute Gasteiger partial charge is 0.451 e. The van der Waals surface area contributed by atoms with E-state index in [1.165, 1.54) is 6.07 Å². The number of halogens is 3. The molecule has 0 aliphatic carbocycles. The number of nitrogens with zero attached hydrogens (tertiary/aromatic N) is 5. The van der Waals surface area contributed by atoms with E-state index in [0.29, 0.717) is 13.1 Å². The number of hydrogen-bond acceptors (Lipinski definition) is 6. The average Bonchev–Trinajstić information content (AvgIpc) is 2.90. The summed E-state index contributed by atoms with van der Waals surface area (Å²) < 4.78 is 40.9. The molecular weight excluding hydrogens is 347 g/mol. The van der Waals surface area contributed by atoms with E-state index in [2.05, 4.69) is 20.4 Å². The third kappa shape index (κ3) is 2.71. The summed E-state index contributed by atoms with van der Waals surface area (Å²) in [6, 6.07) is 9.20. The van der Waals surface area contributed by atoms with Gasteiger partial charge in [0.25, 0.3) is 0 Å². The molecule has 1 aliphatic heterocycles. The monoisotopic (exact) mass is 363 g/mol. The molecule has 1 aliphatic rings. The van der Waals surface area contributed by atoms with Gasteiger partial charge in [-0.2, -0.15) is 13.2 Å². The number of imidazole rings is 1. The Bertz CT molecular complexity index is 960. The number of alkyl halides is 3. The highest BCUT2D eigenvalue weighted by molar-refractivity contribution is 5.76. The number of anilines is 2. The lowest BCUT2D eigenvalue weighted by Crippen LogP contribution is -2.46. The van der Waals surface area contributed by atoms with E-state index < -0.39 is 12.0 Å². The predicted octanol–water partition coefficient (Wildman–Crippen LogP) is 2.27. The highest BCUT2D eigenvalue weighted by atomic mass is 19.4. The van der Waals surface area contributed by atoms with Crippen LogP contribution in [0, 0.1) is 0 Å². The van der Waals surface area contributed by atoms with Crippen LogP contribution < -0.4 is 16.2 Å². The van der Waals surface area contributed by atoms with Gasteiger partial charge in [0.2, 0.25) is 5.82 Å². The predicted molar refractivity (Wildman–Crippen MR) is 90.5 cm³/mol. The van der Waals surface area contributed by atoms with Gasteiger partial charge in [0.1, 0.15) is 17.5 Å². The number of aromatic nitrogens is 4. The van der Waals surface area contributed by atoms with Crippen molar-refractivity contribution in [3.63, 3.8) is 0 Å². The van der Waals surface area contributed by atoms with E-state index in [1.807, 2.05) is 35.9 Å². The van der Waals surface area contributed by atoms with Gasteiger partial charge in [-0.15, -0.1) is 0 Å². The van der Waals surface area contributed by atoms with E-state index in [1.54, 1.807) is 4.90 Å². The number of nitrogens with one attached hydrogen (secondary N) is 1. The Morgan fingerprint density at radius 1 is 1.15 bits per heavy atom. The molecule has 3 N–H and O–H groups in total. The van der Waals surface area contributed by atoms with Gasteiger partial charge in [0.05, 0.1) is 17.0 Å². The van der Waals surface area contributed by atoms with Crippen molar-refractivity contribution in [3.05, 3.63) is 42.0 Å². The Kier molecular flexibility index (Phi) is 3.72. The zero-order chi connectivity index (χ0) is 18.5. The van der Waals surface area contributed by atoms with Crippen molar-refractivity contribution >= 4 is 22.7 Å². The molecule has 136 valence electrons. The highest BCUT2D eigenvalue weighted by Gasteiger charge is 2.38. The van der Waals surface area contributed by atoms with Crippen LogP contribution >= 0.6 is 0 Å². The van der Waals surface area contributed by atoms with Crippen LogP contribution in [0.15, 0.2) is 30.3 Å². The van der Waals surface area contributed by atoms with Gasteiger partial charge in [-0.1, -0.05) is 12.1 Å². The molecule has 0 unspecified atom stereocenters. The average molecular weight is 363 g/mol. The molecule has 1 aromatic carbocycles. The van der Waals surface area contributed by atoms with Crippen LogP contribution in [0.3, 0.4) is 0 Å². The fraction of sp³-hybridized carbons (Fsp3) is 0.312. The molecule has 0 radical (unpaired) electrons. The zero-order valence-corrected chi connectivity index (χ0v) is 13.8. The smallest absolute Gasteiger partial charge is 0.355 e. The molecule has 4 rings (SSSR count). The lowest BCUT2D eigenvalue weighted by Gasteiger charge is -2.39. The van der Waals surface area contributed by atoms with Crippen LogP contribution in [0.2, 0.25) is 0 Å². The summed E-state index contributed by atoms with van der Waals surface area (Å²) in [5, 5.41) is 0. The Balaban J connectivity index is 1.58. The maximum atomic E-state index is 13.0. The van der Waals surface area contributed by atoms with Gasteiger partial charge in [-0.05, 0) is 12.1 Å². The number of hydrogen-bond donors (Lipinski definition) is 2. The van der Waals surface area contributed by atoms with Crippen molar-refractivity contribution in [3.8, 4) is 0 Å². The van der Waals surface area contributed by atoms with Gasteiger partial charge in [-0.3, -0.25) is 0 Å². The van der Waals surface area contributed by atoms with Crippen LogP contribution in [0.25, 0.3) is 11.0 Å². The molecule has 10 heteroatoms. The molecule has 0 spiro atoms. The van der Waals surface area contributed by atoms with Gasteiger partial charge in [0.15, 0.2) is 0 Å². The number of benzene rings is 1. The maximum absolute atomic E-state index is 13.0. The quantitative estimate of drug-likeness (QED) is 0.549. The fourth-order valence-corrected chi connectivity index (χ4v) is 3.16. The van der Waals surface area contributed by atoms with Crippen LogP contribution in [-0.2, 0) is 13.2 Å². The van der Waals surface area contributed by atoms with Gasteiger partial charge in [0, 0.05) is 26.2 Å². The minimum Gasteiger partial charge on any atom is -0.355 e. The molecular formula is C16H16F3N7. The molecule has 0 amide bonds. The first-order valence-electron chi connectivity index (χ1n) is 7.96. The number of nitrogen functional groups attached to an aromatic ring is 1. The molecule has 3 heterocycles. The van der Waals surface area contributed by atoms with Gasteiger partial charge < -0.3 is 14.9 Å². The summed E-state index contributed by atoms with van der Waals surface area (Å²) in [5.41, 5.74) is 4.09. The minimum absolute atomic E-state index is 0.0755. The molecule has 2 aromatic heterocycles. The molecule has 1 saturated heterocycles. The number of hydrazine groups is 1. The topological polar surface area (TPSA) is 84.9 Å². The van der Waals surface area contributed by atoms with Crippen LogP contribution in [-0.4, -0.2) is 32.6 Å². The Labute approximate surface area is 146 Å². The van der Waals surface area contributed by atoms with E-state index in [4.69, 9.17) is 5.84 Å². The highest BCUT2D eigenvalue weighted by Crippen LogP contribution is 2.34. The number of nitrogens with two attached hydrogens (primary N) is 1. The van der Waals surface area contributed by atoms with Crippen LogP contribution in [0.1, 0.15) is 17.6 Å². The number of rotatable bonds is 3. The molecule has 0 bridgehead atoms. The second kappa shape index (κ2) is 5.84. The normalized spacial score (nSPS) is 15.3. The van der Waals surface area contributed by atoms with E-state index in [0.717, 1.165) is 16.9 Å². The number of aryl methyl sites for hydroxylation is 1. The lowest BCUT2D eigenvalue weighted by atomic mass is 9.99. The third-order valence-corrected chi connectivity index (χ3v) is 4.51. The van der Waals surface area contributed by atoms with Gasteiger partial charge >= 0.3 is 6.18 Å². The van der Waals surface area contributed by atoms with Crippen molar-refractivity contribution in [2.45, 2.75) is 12.1 Å². The molecule has 7 nitrogen and oxygen atoms in total. The number of para-hydroxylation sites is 2. The van der Waals surface area contributed by atoms with Crippen LogP contribution in [0.4, 0.5) is 24.8 Å². The maximum Gasteiger partial charge on any atom is 0.451 e. The van der Waals surface area contributed by atoms with E-state index >= 15 is 0 Å². The number of fused-ring (bicyclic) bond motifs is 1. The lowest BCUT2D eigenvalue weighted by molar-refractivity contribution is -0.144. The van der Waals surface area contributed by atoms with Crippen molar-refractivity contribution in [1.82, 2.24) is 19.5 Å². The summed E-state index contributed by atoms with van der Waals surface area (Å²) in [6.45, 7) is 1.05. The zero-order valence-electron chi connectivity index (χ0n) is 13.8. The molecule has 3 aromatic rings. The minimum atomic E-state index is -4.64.